The highest BCUT2D eigenvalue weighted by Crippen LogP contribution is 2.65. The number of rotatable bonds is 22. The van der Waals surface area contributed by atoms with Crippen molar-refractivity contribution >= 4 is 41.9 Å². The highest BCUT2D eigenvalue weighted by molar-refractivity contribution is 7.56. The monoisotopic (exact) mass is 1270 g/mol. The summed E-state index contributed by atoms with van der Waals surface area (Å²) in [7, 11) is 0.978. The first-order valence-electron chi connectivity index (χ1n) is 38.7. The molecule has 8 aliphatic carbocycles. The Labute approximate surface area is 556 Å². The van der Waals surface area contributed by atoms with E-state index in [1.54, 1.807) is 104 Å². The molecule has 0 heterocycles. The molecule has 5 aromatic rings. The van der Waals surface area contributed by atoms with Crippen molar-refractivity contribution in [1.82, 2.24) is 0 Å². The van der Waals surface area contributed by atoms with Gasteiger partial charge in [-0.2, -0.15) is 0 Å². The highest BCUT2D eigenvalue weighted by Gasteiger charge is 2.54. The summed E-state index contributed by atoms with van der Waals surface area (Å²) in [4.78, 5) is 0. The summed E-state index contributed by atoms with van der Waals surface area (Å²) in [6.45, 7) is 40.7. The molecule has 0 fully saturated rings. The molecule has 482 valence electrons. The van der Waals surface area contributed by atoms with Crippen molar-refractivity contribution in [2.75, 3.05) is 0 Å². The van der Waals surface area contributed by atoms with E-state index in [0.29, 0.717) is 59.2 Å². The molecule has 16 unspecified atom stereocenters. The molecule has 13 rings (SSSR count). The van der Waals surface area contributed by atoms with E-state index >= 15 is 0 Å². The molecular formula is C86H120P2Si2. The zero-order chi connectivity index (χ0) is 63.3. The van der Waals surface area contributed by atoms with E-state index in [1.807, 2.05) is 11.1 Å². The molecule has 0 radical (unpaired) electrons. The lowest BCUT2D eigenvalue weighted by Crippen LogP contribution is -2.46. The van der Waals surface area contributed by atoms with Gasteiger partial charge in [0.25, 0.3) is 0 Å². The van der Waals surface area contributed by atoms with E-state index in [-0.39, 0.29) is 20.4 Å². The van der Waals surface area contributed by atoms with E-state index in [2.05, 4.69) is 184 Å². The number of fused-ring (bicyclic) bond motifs is 8. The smallest absolute Gasteiger partial charge is 0.0877 e. The van der Waals surface area contributed by atoms with Crippen LogP contribution in [0.5, 0.6) is 0 Å². The fourth-order valence-electron chi connectivity index (χ4n) is 22.5. The largest absolute Gasteiger partial charge is 0.118 e. The maximum absolute atomic E-state index is 2.95. The molecule has 0 saturated carbocycles. The Morgan fingerprint density at radius 3 is 0.722 bits per heavy atom. The summed E-state index contributed by atoms with van der Waals surface area (Å²) in [6, 6.07) is 34.8. The van der Waals surface area contributed by atoms with Crippen LogP contribution < -0.4 is 10.4 Å². The van der Waals surface area contributed by atoms with Crippen molar-refractivity contribution in [3.63, 3.8) is 0 Å². The second-order valence-electron chi connectivity index (χ2n) is 31.4. The van der Waals surface area contributed by atoms with Crippen LogP contribution in [0.4, 0.5) is 0 Å². The van der Waals surface area contributed by atoms with Gasteiger partial charge in [0.1, 0.15) is 0 Å². The van der Waals surface area contributed by atoms with Gasteiger partial charge in [-0.3, -0.25) is 0 Å². The Morgan fingerprint density at radius 2 is 0.489 bits per heavy atom. The lowest BCUT2D eigenvalue weighted by Gasteiger charge is -2.38. The van der Waals surface area contributed by atoms with Crippen LogP contribution >= 0.6 is 15.4 Å². The van der Waals surface area contributed by atoms with Crippen LogP contribution in [0.3, 0.4) is 0 Å². The lowest BCUT2D eigenvalue weighted by atomic mass is 9.90. The minimum atomic E-state index is -1.29. The van der Waals surface area contributed by atoms with Gasteiger partial charge >= 0.3 is 0 Å². The molecular weight excluding hydrogens is 1150 g/mol. The first-order chi connectivity index (χ1) is 43.7. The maximum atomic E-state index is 2.95. The Balaban J connectivity index is 1.06. The van der Waals surface area contributed by atoms with Gasteiger partial charge < -0.3 is 0 Å². The average molecular weight is 1270 g/mol. The van der Waals surface area contributed by atoms with Crippen LogP contribution in [-0.2, 0) is 20.4 Å². The van der Waals surface area contributed by atoms with Gasteiger partial charge in [0, 0.05) is 20.4 Å². The second kappa shape index (κ2) is 25.9. The van der Waals surface area contributed by atoms with Crippen LogP contribution in [0.15, 0.2) is 72.8 Å². The van der Waals surface area contributed by atoms with Crippen LogP contribution in [0.1, 0.15) is 425 Å². The predicted molar refractivity (Wildman–Crippen MR) is 398 cm³/mol. The van der Waals surface area contributed by atoms with Crippen molar-refractivity contribution in [2.24, 2.45) is 0 Å². The number of benzene rings is 5. The van der Waals surface area contributed by atoms with E-state index in [0.717, 1.165) is 11.8 Å². The summed E-state index contributed by atoms with van der Waals surface area (Å²) in [5.41, 5.74) is 28.3. The Bertz CT molecular complexity index is 3330. The molecule has 0 N–H and O–H groups in total. The van der Waals surface area contributed by atoms with Crippen molar-refractivity contribution in [3.05, 3.63) is 162 Å². The molecule has 0 spiro atoms. The summed E-state index contributed by atoms with van der Waals surface area (Å²) >= 11 is 0. The second-order valence-corrected chi connectivity index (χ2v) is 42.1. The summed E-state index contributed by atoms with van der Waals surface area (Å²) in [6.07, 6.45) is 30.9. The summed E-state index contributed by atoms with van der Waals surface area (Å²) < 4.78 is 0. The molecule has 8 aliphatic rings. The lowest BCUT2D eigenvalue weighted by molar-refractivity contribution is 0.505. The van der Waals surface area contributed by atoms with E-state index < -0.39 is 16.1 Å². The third-order valence-corrected chi connectivity index (χ3v) is 44.3. The van der Waals surface area contributed by atoms with Crippen molar-refractivity contribution < 1.29 is 0 Å². The molecule has 0 bridgehead atoms. The highest BCUT2D eigenvalue weighted by atomic mass is 31.2. The van der Waals surface area contributed by atoms with Gasteiger partial charge in [-0.25, -0.2) is 0 Å². The fourth-order valence-corrected chi connectivity index (χ4v) is 40.1. The minimum Gasteiger partial charge on any atom is -0.118 e. The SMILES string of the molecule is CCC1CC(CC)c2cc3c(cc21)C(CC)CC3(CC)P=[Si](c1ccc([Si](=PC2(CC)CC(CC)c3cc4c(cc32)C(CC)CC4CC)C2(CC)CC(CC)c3cc4c(cc32)C(CC)CC4CC)cc1)C1(CC)CC(CC)c2cc3c(cc21)C(CC)CC3CC. The van der Waals surface area contributed by atoms with Crippen molar-refractivity contribution in [2.45, 2.75) is 356 Å². The maximum Gasteiger partial charge on any atom is 0.0877 e. The fraction of sp³-hybridized carbons (Fsp3) is 0.651. The summed E-state index contributed by atoms with van der Waals surface area (Å²) in [5, 5.41) is 4.15. The van der Waals surface area contributed by atoms with Crippen molar-refractivity contribution in [3.8, 4) is 0 Å². The third kappa shape index (κ3) is 10.0. The molecule has 0 nitrogen and oxygen atoms in total. The van der Waals surface area contributed by atoms with Crippen LogP contribution in [0, 0.1) is 0 Å². The van der Waals surface area contributed by atoms with Gasteiger partial charge in [0.05, 0.1) is 16.1 Å². The van der Waals surface area contributed by atoms with Crippen molar-refractivity contribution in [1.29, 1.82) is 0 Å². The van der Waals surface area contributed by atoms with E-state index in [9.17, 15) is 0 Å². The molecule has 0 aromatic heterocycles. The molecule has 16 atom stereocenters. The average Bonchev–Trinajstić information content (AvgIpc) is 1.54. The zero-order valence-corrected chi connectivity index (χ0v) is 63.5. The summed E-state index contributed by atoms with van der Waals surface area (Å²) in [5.74, 6) is 8.25. The topological polar surface area (TPSA) is 0 Å². The molecule has 5 aromatic carbocycles. The van der Waals surface area contributed by atoms with E-state index in [4.69, 9.17) is 0 Å². The van der Waals surface area contributed by atoms with Gasteiger partial charge in [-0.15, -0.1) is 15.4 Å². The Morgan fingerprint density at radius 1 is 0.267 bits per heavy atom. The van der Waals surface area contributed by atoms with Crippen LogP contribution in [0.25, 0.3) is 0 Å². The first kappa shape index (κ1) is 65.8. The van der Waals surface area contributed by atoms with Gasteiger partial charge in [-0.1, -0.05) is 184 Å². The number of hydrogen-bond donors (Lipinski definition) is 0. The molecule has 90 heavy (non-hydrogen) atoms. The molecule has 0 saturated heterocycles. The quantitative estimate of drug-likeness (QED) is 0.0479. The molecule has 0 amide bonds. The first-order valence-corrected chi connectivity index (χ1v) is 45.2. The zero-order valence-electron chi connectivity index (χ0n) is 59.7. The van der Waals surface area contributed by atoms with E-state index in [1.165, 1.54) is 154 Å². The third-order valence-electron chi connectivity index (χ3n) is 28.2. The predicted octanol–water partition coefficient (Wildman–Crippen LogP) is 25.5. The molecule has 4 heteroatoms. The minimum absolute atomic E-state index is 0.159. The van der Waals surface area contributed by atoms with Gasteiger partial charge in [0.2, 0.25) is 0 Å². The Hall–Kier alpha value is -2.87. The normalized spacial score (nSPS) is 33.6. The van der Waals surface area contributed by atoms with Gasteiger partial charge in [0.15, 0.2) is 0 Å². The molecule has 0 aliphatic heterocycles. The standard InChI is InChI=1S/C86H120P2Si2/c1-17-53-37-57(21-5)71-45-79-75(41-67(53)71)61(25-9)49-83(79,29-13)87-89(85(31-15)51-63(27-11)77-43-69-55(19-3)39-59(23-7)73(69)47-81(77)85)65-33-35-66(36-34-65)90(86(32-16)52-64(28-12)78-44-70-56(20-4)40-60(24-8)74(70)48-82(78)86)88-84(30-14)50-62(26-10)76-42-68-54(18-2)38-58(22-6)72(68)46-80(76)84/h33-36,41-48,53-64H,17-32,37-40,49-52H2,1-16H3. The number of hydrogen-bond acceptors (Lipinski definition) is 0. The van der Waals surface area contributed by atoms with Crippen LogP contribution in [0.2, 0.25) is 0 Å². The Kier molecular flexibility index (Phi) is 19.0. The van der Waals surface area contributed by atoms with Crippen LogP contribution in [-0.4, -0.2) is 16.1 Å². The van der Waals surface area contributed by atoms with Gasteiger partial charge in [-0.05, 0) is 325 Å².